The zero-order valence-corrected chi connectivity index (χ0v) is 40.4. The van der Waals surface area contributed by atoms with Crippen molar-refractivity contribution in [2.24, 2.45) is 0 Å². The van der Waals surface area contributed by atoms with Gasteiger partial charge in [0.05, 0.1) is 0 Å². The molecular formula is C65H69N3. The van der Waals surface area contributed by atoms with E-state index in [1.165, 1.54) is 122 Å². The summed E-state index contributed by atoms with van der Waals surface area (Å²) < 4.78 is 0. The highest BCUT2D eigenvalue weighted by molar-refractivity contribution is 5.89. The summed E-state index contributed by atoms with van der Waals surface area (Å²) in [6, 6.07) is 78.2. The topological polar surface area (TPSA) is 9.72 Å². The van der Waals surface area contributed by atoms with Gasteiger partial charge in [-0.3, -0.25) is 0 Å². The monoisotopic (exact) mass is 892 g/mol. The van der Waals surface area contributed by atoms with Crippen molar-refractivity contribution in [3.05, 3.63) is 223 Å². The smallest absolute Gasteiger partial charge is 0.0465 e. The maximum atomic E-state index is 2.59. The predicted molar refractivity (Wildman–Crippen MR) is 293 cm³/mol. The van der Waals surface area contributed by atoms with Gasteiger partial charge in [-0.2, -0.15) is 0 Å². The number of para-hydroxylation sites is 5. The summed E-state index contributed by atoms with van der Waals surface area (Å²) in [5, 5.41) is 0. The van der Waals surface area contributed by atoms with Crippen LogP contribution in [-0.2, 0) is 5.41 Å². The van der Waals surface area contributed by atoms with Gasteiger partial charge in [0.1, 0.15) is 0 Å². The van der Waals surface area contributed by atoms with Crippen molar-refractivity contribution in [1.29, 1.82) is 0 Å². The molecule has 0 radical (unpaired) electrons. The first-order chi connectivity index (χ1) is 33.7. The molecule has 9 rings (SSSR count). The van der Waals surface area contributed by atoms with E-state index in [0.717, 1.165) is 41.3 Å². The van der Waals surface area contributed by atoms with Crippen molar-refractivity contribution >= 4 is 51.2 Å². The van der Waals surface area contributed by atoms with Crippen LogP contribution in [0.2, 0.25) is 0 Å². The minimum atomic E-state index is -0.122. The lowest BCUT2D eigenvalue weighted by molar-refractivity contribution is 0.398. The highest BCUT2D eigenvalue weighted by Gasteiger charge is 2.43. The van der Waals surface area contributed by atoms with Crippen LogP contribution >= 0.6 is 0 Å². The number of hydrogen-bond donors (Lipinski definition) is 0. The molecule has 0 saturated heterocycles. The Bertz CT molecular complexity index is 2660. The van der Waals surface area contributed by atoms with Gasteiger partial charge >= 0.3 is 0 Å². The van der Waals surface area contributed by atoms with Gasteiger partial charge in [0.2, 0.25) is 0 Å². The number of benzene rings is 8. The van der Waals surface area contributed by atoms with E-state index in [1.54, 1.807) is 0 Å². The molecule has 0 saturated carbocycles. The third-order valence-corrected chi connectivity index (χ3v) is 14.2. The molecule has 0 amide bonds. The summed E-state index contributed by atoms with van der Waals surface area (Å²) in [5.74, 6) is 0. The Balaban J connectivity index is 1.17. The standard InChI is InChI=1S/C65H69N3/c1-3-5-7-9-11-28-48-65(49-29-12-10-8-6-4-2)63-50-59(67(54-34-22-15-23-35-54)55-36-24-16-25-37-55)44-46-61(63)62-47-45-60(51-64(62)65)68(56-38-26-17-27-39-56)58-42-40-57(41-43-58)66(52-30-18-13-19-31-52)53-32-20-14-21-33-53/h13-27,30-47,50-51H,3-12,28-29,48-49H2,1-2H3. The third-order valence-electron chi connectivity index (χ3n) is 14.2. The number of nitrogens with zero attached hydrogens (tertiary/aromatic N) is 3. The first-order valence-corrected chi connectivity index (χ1v) is 25.7. The summed E-state index contributed by atoms with van der Waals surface area (Å²) in [6.07, 6.45) is 17.7. The van der Waals surface area contributed by atoms with Crippen LogP contribution in [0.4, 0.5) is 51.2 Å². The van der Waals surface area contributed by atoms with Gasteiger partial charge in [-0.25, -0.2) is 0 Å². The molecule has 3 nitrogen and oxygen atoms in total. The summed E-state index contributed by atoms with van der Waals surface area (Å²) in [5.41, 5.74) is 16.1. The molecule has 0 heterocycles. The summed E-state index contributed by atoms with van der Waals surface area (Å²) in [4.78, 5) is 7.26. The van der Waals surface area contributed by atoms with Gasteiger partial charge in [-0.05, 0) is 144 Å². The number of fused-ring (bicyclic) bond motifs is 3. The average molecular weight is 892 g/mol. The lowest BCUT2D eigenvalue weighted by Crippen LogP contribution is -2.26. The van der Waals surface area contributed by atoms with E-state index in [4.69, 9.17) is 0 Å². The maximum absolute atomic E-state index is 2.59. The SMILES string of the molecule is CCCCCCCCC1(CCCCCCCC)c2cc(N(c3ccccc3)c3ccccc3)ccc2-c2ccc(N(c3ccccc3)c3ccc(N(c4ccccc4)c4ccccc4)cc3)cc21. The maximum Gasteiger partial charge on any atom is 0.0465 e. The number of anilines is 9. The Morgan fingerprint density at radius 1 is 0.265 bits per heavy atom. The lowest BCUT2D eigenvalue weighted by Gasteiger charge is -2.35. The Hall–Kier alpha value is -6.84. The largest absolute Gasteiger partial charge is 0.311 e. The zero-order valence-electron chi connectivity index (χ0n) is 40.4. The quantitative estimate of drug-likeness (QED) is 0.0593. The first-order valence-electron chi connectivity index (χ1n) is 25.7. The second-order valence-corrected chi connectivity index (χ2v) is 18.8. The number of hydrogen-bond acceptors (Lipinski definition) is 3. The van der Waals surface area contributed by atoms with E-state index in [-0.39, 0.29) is 5.41 Å². The Kier molecular flexibility index (Phi) is 15.5. The molecule has 0 spiro atoms. The zero-order chi connectivity index (χ0) is 46.4. The van der Waals surface area contributed by atoms with E-state index in [9.17, 15) is 0 Å². The van der Waals surface area contributed by atoms with E-state index >= 15 is 0 Å². The fourth-order valence-corrected chi connectivity index (χ4v) is 10.8. The molecule has 0 aliphatic heterocycles. The Labute approximate surface area is 407 Å². The van der Waals surface area contributed by atoms with Crippen LogP contribution < -0.4 is 14.7 Å². The van der Waals surface area contributed by atoms with Crippen molar-refractivity contribution < 1.29 is 0 Å². The summed E-state index contributed by atoms with van der Waals surface area (Å²) in [7, 11) is 0. The summed E-state index contributed by atoms with van der Waals surface area (Å²) >= 11 is 0. The lowest BCUT2D eigenvalue weighted by atomic mass is 9.70. The normalized spacial score (nSPS) is 12.3. The molecule has 8 aromatic rings. The molecule has 8 aromatic carbocycles. The molecule has 1 aliphatic rings. The molecule has 0 atom stereocenters. The molecule has 0 aromatic heterocycles. The van der Waals surface area contributed by atoms with Crippen molar-refractivity contribution in [3.63, 3.8) is 0 Å². The van der Waals surface area contributed by atoms with E-state index in [1.807, 2.05) is 0 Å². The predicted octanol–water partition coefficient (Wildman–Crippen LogP) is 19.9. The van der Waals surface area contributed by atoms with Gasteiger partial charge in [-0.15, -0.1) is 0 Å². The molecule has 1 aliphatic carbocycles. The minimum Gasteiger partial charge on any atom is -0.311 e. The van der Waals surface area contributed by atoms with E-state index < -0.39 is 0 Å². The van der Waals surface area contributed by atoms with Gasteiger partial charge < -0.3 is 14.7 Å². The number of rotatable bonds is 23. The molecule has 0 bridgehead atoms. The highest BCUT2D eigenvalue weighted by atomic mass is 15.2. The van der Waals surface area contributed by atoms with Crippen molar-refractivity contribution in [1.82, 2.24) is 0 Å². The van der Waals surface area contributed by atoms with Crippen molar-refractivity contribution in [2.75, 3.05) is 14.7 Å². The second-order valence-electron chi connectivity index (χ2n) is 18.8. The Morgan fingerprint density at radius 2 is 0.515 bits per heavy atom. The second kappa shape index (κ2) is 22.8. The van der Waals surface area contributed by atoms with Crippen LogP contribution in [0.1, 0.15) is 115 Å². The molecule has 0 fully saturated rings. The molecule has 344 valence electrons. The van der Waals surface area contributed by atoms with Crippen LogP contribution in [0.3, 0.4) is 0 Å². The van der Waals surface area contributed by atoms with Gasteiger partial charge in [0.25, 0.3) is 0 Å². The van der Waals surface area contributed by atoms with Crippen LogP contribution in [-0.4, -0.2) is 0 Å². The van der Waals surface area contributed by atoms with Crippen LogP contribution in [0, 0.1) is 0 Å². The third kappa shape index (κ3) is 10.3. The fraction of sp³-hybridized carbons (Fsp3) is 0.262. The number of unbranched alkanes of at least 4 members (excludes halogenated alkanes) is 10. The highest BCUT2D eigenvalue weighted by Crippen LogP contribution is 2.57. The van der Waals surface area contributed by atoms with Crippen molar-refractivity contribution in [3.8, 4) is 11.1 Å². The fourth-order valence-electron chi connectivity index (χ4n) is 10.8. The van der Waals surface area contributed by atoms with E-state index in [2.05, 4.69) is 241 Å². The minimum absolute atomic E-state index is 0.122. The molecule has 3 heteroatoms. The van der Waals surface area contributed by atoms with Gasteiger partial charge in [0.15, 0.2) is 0 Å². The Morgan fingerprint density at radius 3 is 0.824 bits per heavy atom. The first kappa shape index (κ1) is 46.3. The van der Waals surface area contributed by atoms with Gasteiger partial charge in [-0.1, -0.05) is 194 Å². The average Bonchev–Trinajstić information content (AvgIpc) is 3.66. The molecule has 68 heavy (non-hydrogen) atoms. The van der Waals surface area contributed by atoms with E-state index in [0.29, 0.717) is 0 Å². The van der Waals surface area contributed by atoms with Crippen LogP contribution in [0.5, 0.6) is 0 Å². The molecular weight excluding hydrogens is 823 g/mol. The van der Waals surface area contributed by atoms with Crippen LogP contribution in [0.25, 0.3) is 11.1 Å². The summed E-state index contributed by atoms with van der Waals surface area (Å²) in [6.45, 7) is 4.64. The van der Waals surface area contributed by atoms with Crippen LogP contribution in [0.15, 0.2) is 212 Å². The molecule has 0 N–H and O–H groups in total. The molecule has 0 unspecified atom stereocenters. The van der Waals surface area contributed by atoms with Gasteiger partial charge in [0, 0.05) is 56.6 Å². The van der Waals surface area contributed by atoms with Crippen molar-refractivity contribution in [2.45, 2.75) is 109 Å².